The maximum atomic E-state index is 13.5. The van der Waals surface area contributed by atoms with Crippen LogP contribution in [0, 0.1) is 11.6 Å². The summed E-state index contributed by atoms with van der Waals surface area (Å²) in [6.07, 6.45) is 1.44. The van der Waals surface area contributed by atoms with Crippen molar-refractivity contribution >= 4 is 23.6 Å². The molecule has 0 aliphatic rings. The number of aromatic nitrogens is 1. The number of esters is 1. The zero-order valence-electron chi connectivity index (χ0n) is 10.4. The van der Waals surface area contributed by atoms with Gasteiger partial charge in [0.25, 0.3) is 0 Å². The van der Waals surface area contributed by atoms with Gasteiger partial charge in [-0.2, -0.15) is 0 Å². The van der Waals surface area contributed by atoms with Gasteiger partial charge in [0.05, 0.1) is 17.0 Å². The molecule has 104 valence electrons. The minimum absolute atomic E-state index is 0.0992. The fourth-order valence-electron chi connectivity index (χ4n) is 1.53. The third-order valence-electron chi connectivity index (χ3n) is 2.44. The van der Waals surface area contributed by atoms with Crippen LogP contribution < -0.4 is 0 Å². The first-order valence-corrected chi connectivity index (χ1v) is 6.46. The van der Waals surface area contributed by atoms with Gasteiger partial charge in [0.1, 0.15) is 11.6 Å². The van der Waals surface area contributed by atoms with Crippen molar-refractivity contribution in [1.82, 2.24) is 4.98 Å². The third-order valence-corrected chi connectivity index (χ3v) is 3.46. The molecule has 1 aromatic carbocycles. The molecule has 0 bridgehead atoms. The van der Waals surface area contributed by atoms with E-state index in [1.807, 2.05) is 0 Å². The number of rotatable bonds is 4. The number of aldehydes is 1. The lowest BCUT2D eigenvalue weighted by atomic mass is 10.1. The predicted octanol–water partition coefficient (Wildman–Crippen LogP) is 3.08. The Morgan fingerprint density at radius 2 is 2.05 bits per heavy atom. The highest BCUT2D eigenvalue weighted by atomic mass is 32.1. The molecule has 0 fully saturated rings. The Kier molecular flexibility index (Phi) is 4.19. The van der Waals surface area contributed by atoms with Crippen LogP contribution in [0.4, 0.5) is 8.78 Å². The number of thiazole rings is 1. The molecule has 0 saturated heterocycles. The molecule has 2 aromatic rings. The SMILES string of the molecule is CCOC(=O)c1ncc(-c2cc(F)c(C=O)c(F)c2)s1. The molecule has 0 atom stereocenters. The van der Waals surface area contributed by atoms with E-state index in [4.69, 9.17) is 4.74 Å². The molecule has 2 rings (SSSR count). The van der Waals surface area contributed by atoms with Crippen molar-refractivity contribution in [1.29, 1.82) is 0 Å². The second-order valence-electron chi connectivity index (χ2n) is 3.72. The number of ether oxygens (including phenoxy) is 1. The van der Waals surface area contributed by atoms with E-state index in [2.05, 4.69) is 4.98 Å². The van der Waals surface area contributed by atoms with Gasteiger partial charge in [-0.25, -0.2) is 18.6 Å². The standard InChI is InChI=1S/C13H9F2NO3S/c1-2-19-13(18)12-16-5-11(20-12)7-3-9(14)8(6-17)10(15)4-7/h3-6H,2H2,1H3. The number of carbonyl (C=O) groups is 2. The Balaban J connectivity index is 2.38. The van der Waals surface area contributed by atoms with Gasteiger partial charge in [-0.05, 0) is 24.6 Å². The van der Waals surface area contributed by atoms with Crippen LogP contribution in [0.25, 0.3) is 10.4 Å². The average molecular weight is 297 g/mol. The largest absolute Gasteiger partial charge is 0.461 e. The second-order valence-corrected chi connectivity index (χ2v) is 4.75. The number of nitrogens with zero attached hydrogens (tertiary/aromatic N) is 1. The summed E-state index contributed by atoms with van der Waals surface area (Å²) in [6, 6.07) is 2.05. The van der Waals surface area contributed by atoms with Gasteiger partial charge in [0.15, 0.2) is 6.29 Å². The average Bonchev–Trinajstić information content (AvgIpc) is 2.88. The monoisotopic (exact) mass is 297 g/mol. The lowest BCUT2D eigenvalue weighted by Gasteiger charge is -2.01. The summed E-state index contributed by atoms with van der Waals surface area (Å²) in [5.74, 6) is -2.50. The highest BCUT2D eigenvalue weighted by Crippen LogP contribution is 2.29. The van der Waals surface area contributed by atoms with Gasteiger partial charge in [0, 0.05) is 6.20 Å². The quantitative estimate of drug-likeness (QED) is 0.643. The smallest absolute Gasteiger partial charge is 0.367 e. The van der Waals surface area contributed by atoms with Crippen molar-refractivity contribution in [2.45, 2.75) is 6.92 Å². The molecule has 1 heterocycles. The third kappa shape index (κ3) is 2.72. The maximum absolute atomic E-state index is 13.5. The summed E-state index contributed by atoms with van der Waals surface area (Å²) in [5.41, 5.74) is -0.414. The van der Waals surface area contributed by atoms with Crippen LogP contribution in [0.15, 0.2) is 18.3 Å². The highest BCUT2D eigenvalue weighted by molar-refractivity contribution is 7.16. The zero-order chi connectivity index (χ0) is 14.7. The van der Waals surface area contributed by atoms with E-state index < -0.39 is 23.2 Å². The summed E-state index contributed by atoms with van der Waals surface area (Å²) < 4.78 is 31.8. The van der Waals surface area contributed by atoms with Gasteiger partial charge in [0.2, 0.25) is 5.01 Å². The van der Waals surface area contributed by atoms with E-state index >= 15 is 0 Å². The second kappa shape index (κ2) is 5.87. The van der Waals surface area contributed by atoms with E-state index in [1.165, 1.54) is 6.20 Å². The minimum atomic E-state index is -0.957. The molecule has 0 unspecified atom stereocenters. The van der Waals surface area contributed by atoms with Crippen LogP contribution in [0.1, 0.15) is 27.1 Å². The van der Waals surface area contributed by atoms with Crippen molar-refractivity contribution < 1.29 is 23.1 Å². The first-order valence-electron chi connectivity index (χ1n) is 5.64. The normalized spacial score (nSPS) is 10.3. The van der Waals surface area contributed by atoms with Gasteiger partial charge in [-0.3, -0.25) is 4.79 Å². The van der Waals surface area contributed by atoms with Crippen molar-refractivity contribution in [3.63, 3.8) is 0 Å². The molecule has 0 spiro atoms. The Morgan fingerprint density at radius 3 is 2.60 bits per heavy atom. The van der Waals surface area contributed by atoms with E-state index in [-0.39, 0.29) is 23.5 Å². The van der Waals surface area contributed by atoms with E-state index in [1.54, 1.807) is 6.92 Å². The molecule has 0 amide bonds. The Labute approximate surface area is 117 Å². The summed E-state index contributed by atoms with van der Waals surface area (Å²) in [4.78, 5) is 26.2. The lowest BCUT2D eigenvalue weighted by Crippen LogP contribution is -2.03. The van der Waals surface area contributed by atoms with Crippen LogP contribution in [-0.4, -0.2) is 23.8 Å². The molecule has 20 heavy (non-hydrogen) atoms. The Hall–Kier alpha value is -2.15. The maximum Gasteiger partial charge on any atom is 0.367 e. The van der Waals surface area contributed by atoms with Crippen LogP contribution in [0.3, 0.4) is 0 Å². The number of benzene rings is 1. The Bertz CT molecular complexity index is 646. The van der Waals surface area contributed by atoms with Crippen LogP contribution in [0.5, 0.6) is 0 Å². The van der Waals surface area contributed by atoms with Crippen LogP contribution >= 0.6 is 11.3 Å². The summed E-state index contributed by atoms with van der Waals surface area (Å²) in [6.45, 7) is 1.88. The first kappa shape index (κ1) is 14.3. The Morgan fingerprint density at radius 1 is 1.40 bits per heavy atom. The molecule has 0 aliphatic carbocycles. The number of halogens is 2. The van der Waals surface area contributed by atoms with Crippen LogP contribution in [-0.2, 0) is 4.74 Å². The van der Waals surface area contributed by atoms with Gasteiger partial charge in [-0.15, -0.1) is 11.3 Å². The summed E-state index contributed by atoms with van der Waals surface area (Å²) in [5, 5.41) is 0.0992. The molecule has 0 aliphatic heterocycles. The fourth-order valence-corrected chi connectivity index (χ4v) is 2.33. The summed E-state index contributed by atoms with van der Waals surface area (Å²) >= 11 is 0.958. The molecular weight excluding hydrogens is 288 g/mol. The minimum Gasteiger partial charge on any atom is -0.461 e. The number of carbonyl (C=O) groups excluding carboxylic acids is 2. The molecule has 4 nitrogen and oxygen atoms in total. The summed E-state index contributed by atoms with van der Waals surface area (Å²) in [7, 11) is 0. The van der Waals surface area contributed by atoms with Gasteiger partial charge in [-0.1, -0.05) is 0 Å². The fraction of sp³-hybridized carbons (Fsp3) is 0.154. The first-order chi connectivity index (χ1) is 9.56. The van der Waals surface area contributed by atoms with E-state index in [0.717, 1.165) is 23.5 Å². The van der Waals surface area contributed by atoms with E-state index in [0.29, 0.717) is 4.88 Å². The molecule has 0 saturated carbocycles. The molecule has 7 heteroatoms. The van der Waals surface area contributed by atoms with Crippen molar-refractivity contribution in [3.8, 4) is 10.4 Å². The molecule has 0 radical (unpaired) electrons. The zero-order valence-corrected chi connectivity index (χ0v) is 11.2. The highest BCUT2D eigenvalue weighted by Gasteiger charge is 2.16. The number of hydrogen-bond acceptors (Lipinski definition) is 5. The van der Waals surface area contributed by atoms with Gasteiger partial charge < -0.3 is 4.74 Å². The molecular formula is C13H9F2NO3S. The van der Waals surface area contributed by atoms with Crippen LogP contribution in [0.2, 0.25) is 0 Å². The molecule has 1 aromatic heterocycles. The number of hydrogen-bond donors (Lipinski definition) is 0. The van der Waals surface area contributed by atoms with E-state index in [9.17, 15) is 18.4 Å². The van der Waals surface area contributed by atoms with Gasteiger partial charge >= 0.3 is 5.97 Å². The van der Waals surface area contributed by atoms with Crippen molar-refractivity contribution in [3.05, 3.63) is 40.5 Å². The molecule has 0 N–H and O–H groups in total. The predicted molar refractivity (Wildman–Crippen MR) is 68.8 cm³/mol. The lowest BCUT2D eigenvalue weighted by molar-refractivity contribution is 0.0526. The topological polar surface area (TPSA) is 56.3 Å². The van der Waals surface area contributed by atoms with Crippen molar-refractivity contribution in [2.24, 2.45) is 0 Å². The van der Waals surface area contributed by atoms with Crippen molar-refractivity contribution in [2.75, 3.05) is 6.61 Å².